The number of amides is 1. The van der Waals surface area contributed by atoms with Crippen LogP contribution < -0.4 is 5.32 Å². The molecule has 1 N–H and O–H groups in total. The molecule has 1 heterocycles. The van der Waals surface area contributed by atoms with E-state index in [0.717, 1.165) is 5.56 Å². The number of carbonyl (C=O) groups is 1. The van der Waals surface area contributed by atoms with Gasteiger partial charge in [0.2, 0.25) is 0 Å². The van der Waals surface area contributed by atoms with E-state index in [-0.39, 0.29) is 11.3 Å². The van der Waals surface area contributed by atoms with Gasteiger partial charge in [-0.3, -0.25) is 9.78 Å². The highest BCUT2D eigenvalue weighted by Gasteiger charge is 2.21. The highest BCUT2D eigenvalue weighted by Crippen LogP contribution is 2.23. The summed E-state index contributed by atoms with van der Waals surface area (Å²) < 4.78 is 0. The Balaban J connectivity index is 2.02. The van der Waals surface area contributed by atoms with Gasteiger partial charge in [-0.1, -0.05) is 43.6 Å². The molecule has 2 rings (SSSR count). The largest absolute Gasteiger partial charge is 0.350 e. The summed E-state index contributed by atoms with van der Waals surface area (Å²) in [7, 11) is 0. The zero-order valence-electron chi connectivity index (χ0n) is 11.6. The van der Waals surface area contributed by atoms with Crippen LogP contribution in [-0.2, 0) is 5.41 Å². The number of nitrogens with one attached hydrogen (secondary N) is 1. The van der Waals surface area contributed by atoms with Crippen LogP contribution in [0.4, 0.5) is 0 Å². The molecular formula is C16H17ClN2O. The van der Waals surface area contributed by atoms with E-state index in [1.54, 1.807) is 24.4 Å². The molecule has 0 saturated carbocycles. The molecule has 1 amide bonds. The van der Waals surface area contributed by atoms with Crippen LogP contribution in [0.5, 0.6) is 0 Å². The minimum Gasteiger partial charge on any atom is -0.350 e. The van der Waals surface area contributed by atoms with Gasteiger partial charge in [0.15, 0.2) is 0 Å². The van der Waals surface area contributed by atoms with Crippen LogP contribution in [0.1, 0.15) is 29.9 Å². The normalized spacial score (nSPS) is 11.2. The minimum atomic E-state index is -0.172. The van der Waals surface area contributed by atoms with E-state index < -0.39 is 0 Å². The second-order valence-corrected chi connectivity index (χ2v) is 5.72. The van der Waals surface area contributed by atoms with Gasteiger partial charge in [-0.05, 0) is 29.8 Å². The first-order chi connectivity index (χ1) is 9.49. The van der Waals surface area contributed by atoms with E-state index in [1.807, 2.05) is 24.3 Å². The number of nitrogens with zero attached hydrogens (tertiary/aromatic N) is 1. The third-order valence-corrected chi connectivity index (χ3v) is 3.47. The Labute approximate surface area is 124 Å². The summed E-state index contributed by atoms with van der Waals surface area (Å²) >= 11 is 5.89. The predicted octanol–water partition coefficient (Wildman–Crippen LogP) is 3.44. The molecule has 0 spiro atoms. The van der Waals surface area contributed by atoms with Gasteiger partial charge in [0.1, 0.15) is 5.69 Å². The molecule has 0 unspecified atom stereocenters. The number of carbonyl (C=O) groups excluding carboxylic acids is 1. The number of rotatable bonds is 4. The molecule has 2 aromatic rings. The van der Waals surface area contributed by atoms with Gasteiger partial charge in [-0.15, -0.1) is 0 Å². The molecule has 0 aliphatic carbocycles. The monoisotopic (exact) mass is 288 g/mol. The summed E-state index contributed by atoms with van der Waals surface area (Å²) in [5.41, 5.74) is 1.39. The average molecular weight is 289 g/mol. The molecule has 0 aliphatic heterocycles. The van der Waals surface area contributed by atoms with Crippen molar-refractivity contribution in [2.45, 2.75) is 19.3 Å². The lowest BCUT2D eigenvalue weighted by Crippen LogP contribution is -2.36. The van der Waals surface area contributed by atoms with Gasteiger partial charge >= 0.3 is 0 Å². The summed E-state index contributed by atoms with van der Waals surface area (Å²) in [4.78, 5) is 16.0. The van der Waals surface area contributed by atoms with E-state index in [0.29, 0.717) is 17.3 Å². The SMILES string of the molecule is CC(C)(CNC(=O)c1ccccn1)c1ccc(Cl)cc1. The second-order valence-electron chi connectivity index (χ2n) is 5.29. The molecule has 3 nitrogen and oxygen atoms in total. The Morgan fingerprint density at radius 3 is 2.50 bits per heavy atom. The molecular weight excluding hydrogens is 272 g/mol. The van der Waals surface area contributed by atoms with Gasteiger partial charge in [-0.25, -0.2) is 0 Å². The third kappa shape index (κ3) is 3.58. The quantitative estimate of drug-likeness (QED) is 0.936. The zero-order valence-corrected chi connectivity index (χ0v) is 12.3. The van der Waals surface area contributed by atoms with E-state index in [1.165, 1.54) is 0 Å². The van der Waals surface area contributed by atoms with Crippen molar-refractivity contribution in [2.24, 2.45) is 0 Å². The highest BCUT2D eigenvalue weighted by molar-refractivity contribution is 6.30. The third-order valence-electron chi connectivity index (χ3n) is 3.21. The first-order valence-electron chi connectivity index (χ1n) is 6.44. The molecule has 1 aromatic carbocycles. The van der Waals surface area contributed by atoms with Crippen molar-refractivity contribution in [1.82, 2.24) is 10.3 Å². The van der Waals surface area contributed by atoms with Crippen LogP contribution in [0, 0.1) is 0 Å². The lowest BCUT2D eigenvalue weighted by molar-refractivity contribution is 0.0940. The Morgan fingerprint density at radius 2 is 1.90 bits per heavy atom. The van der Waals surface area contributed by atoms with Gasteiger partial charge in [0, 0.05) is 23.2 Å². The number of benzene rings is 1. The Morgan fingerprint density at radius 1 is 1.20 bits per heavy atom. The molecule has 0 radical (unpaired) electrons. The van der Waals surface area contributed by atoms with Crippen LogP contribution in [0.15, 0.2) is 48.7 Å². The summed E-state index contributed by atoms with van der Waals surface area (Å²) in [6.07, 6.45) is 1.61. The summed E-state index contributed by atoms with van der Waals surface area (Å²) in [5.74, 6) is -0.160. The Bertz CT molecular complexity index is 579. The summed E-state index contributed by atoms with van der Waals surface area (Å²) in [5, 5.41) is 3.63. The maximum Gasteiger partial charge on any atom is 0.269 e. The number of hydrogen-bond acceptors (Lipinski definition) is 2. The summed E-state index contributed by atoms with van der Waals surface area (Å²) in [6.45, 7) is 4.69. The molecule has 1 aromatic heterocycles. The fourth-order valence-corrected chi connectivity index (χ4v) is 2.02. The smallest absolute Gasteiger partial charge is 0.269 e. The molecule has 0 saturated heterocycles. The molecule has 20 heavy (non-hydrogen) atoms. The van der Waals surface area contributed by atoms with E-state index >= 15 is 0 Å². The second kappa shape index (κ2) is 6.06. The first kappa shape index (κ1) is 14.5. The van der Waals surface area contributed by atoms with Crippen LogP contribution in [-0.4, -0.2) is 17.4 Å². The lowest BCUT2D eigenvalue weighted by atomic mass is 9.84. The van der Waals surface area contributed by atoms with Crippen LogP contribution in [0.25, 0.3) is 0 Å². The van der Waals surface area contributed by atoms with Crippen molar-refractivity contribution in [3.05, 3.63) is 64.9 Å². The molecule has 4 heteroatoms. The van der Waals surface area contributed by atoms with Crippen molar-refractivity contribution in [3.8, 4) is 0 Å². The summed E-state index contributed by atoms with van der Waals surface area (Å²) in [6, 6.07) is 13.0. The fourth-order valence-electron chi connectivity index (χ4n) is 1.89. The number of aromatic nitrogens is 1. The lowest BCUT2D eigenvalue weighted by Gasteiger charge is -2.25. The zero-order chi connectivity index (χ0) is 14.6. The predicted molar refractivity (Wildman–Crippen MR) is 81.0 cm³/mol. The van der Waals surface area contributed by atoms with Crippen LogP contribution >= 0.6 is 11.6 Å². The number of hydrogen-bond donors (Lipinski definition) is 1. The molecule has 0 aliphatic rings. The maximum absolute atomic E-state index is 12.0. The van der Waals surface area contributed by atoms with Crippen LogP contribution in [0.2, 0.25) is 5.02 Å². The van der Waals surface area contributed by atoms with Crippen LogP contribution in [0.3, 0.4) is 0 Å². The van der Waals surface area contributed by atoms with E-state index in [2.05, 4.69) is 24.1 Å². The first-order valence-corrected chi connectivity index (χ1v) is 6.82. The maximum atomic E-state index is 12.0. The van der Waals surface area contributed by atoms with Gasteiger partial charge in [0.05, 0.1) is 0 Å². The fraction of sp³-hybridized carbons (Fsp3) is 0.250. The highest BCUT2D eigenvalue weighted by atomic mass is 35.5. The number of pyridine rings is 1. The van der Waals surface area contributed by atoms with E-state index in [9.17, 15) is 4.79 Å². The Kier molecular flexibility index (Phi) is 4.40. The van der Waals surface area contributed by atoms with Crippen molar-refractivity contribution in [2.75, 3.05) is 6.54 Å². The molecule has 0 bridgehead atoms. The molecule has 0 atom stereocenters. The van der Waals surface area contributed by atoms with Crippen molar-refractivity contribution < 1.29 is 4.79 Å². The van der Waals surface area contributed by atoms with Gasteiger partial charge in [-0.2, -0.15) is 0 Å². The standard InChI is InChI=1S/C16H17ClN2O/c1-16(2,12-6-8-13(17)9-7-12)11-19-15(20)14-5-3-4-10-18-14/h3-10H,11H2,1-2H3,(H,19,20). The van der Waals surface area contributed by atoms with Crippen molar-refractivity contribution in [1.29, 1.82) is 0 Å². The van der Waals surface area contributed by atoms with Gasteiger partial charge < -0.3 is 5.32 Å². The molecule has 0 fully saturated rings. The number of halogens is 1. The Hall–Kier alpha value is -1.87. The minimum absolute atomic E-state index is 0.160. The van der Waals surface area contributed by atoms with E-state index in [4.69, 9.17) is 11.6 Å². The average Bonchev–Trinajstić information content (AvgIpc) is 2.46. The van der Waals surface area contributed by atoms with Crippen molar-refractivity contribution >= 4 is 17.5 Å². The van der Waals surface area contributed by atoms with Gasteiger partial charge in [0.25, 0.3) is 5.91 Å². The van der Waals surface area contributed by atoms with Crippen molar-refractivity contribution in [3.63, 3.8) is 0 Å². The topological polar surface area (TPSA) is 42.0 Å². The molecule has 104 valence electrons.